The van der Waals surface area contributed by atoms with E-state index in [1.807, 2.05) is 12.2 Å². The average Bonchev–Trinajstić information content (AvgIpc) is 3.14. The predicted octanol–water partition coefficient (Wildman–Crippen LogP) is 7.22. The van der Waals surface area contributed by atoms with Crippen molar-refractivity contribution in [1.82, 2.24) is 0 Å². The molecule has 3 aliphatic rings. The van der Waals surface area contributed by atoms with Gasteiger partial charge in [0.2, 0.25) is 0 Å². The van der Waals surface area contributed by atoms with E-state index in [-0.39, 0.29) is 30.3 Å². The third kappa shape index (κ3) is 7.19. The van der Waals surface area contributed by atoms with Gasteiger partial charge in [-0.2, -0.15) is 26.3 Å². The molecule has 224 valence electrons. The monoisotopic (exact) mass is 578 g/mol. The van der Waals surface area contributed by atoms with Crippen molar-refractivity contribution in [1.29, 1.82) is 0 Å². The number of carbonyl (C=O) groups excluding carboxylic acids is 2. The molecule has 1 unspecified atom stereocenters. The first kappa shape index (κ1) is 32.0. The van der Waals surface area contributed by atoms with Crippen LogP contribution in [0.2, 0.25) is 0 Å². The molecule has 0 radical (unpaired) electrons. The van der Waals surface area contributed by atoms with Gasteiger partial charge >= 0.3 is 24.3 Å². The summed E-state index contributed by atoms with van der Waals surface area (Å²) in [7, 11) is 0. The van der Waals surface area contributed by atoms with Crippen molar-refractivity contribution in [3.63, 3.8) is 0 Å². The summed E-state index contributed by atoms with van der Waals surface area (Å²) >= 11 is 0. The second-order valence-corrected chi connectivity index (χ2v) is 11.2. The quantitative estimate of drug-likeness (QED) is 0.196. The van der Waals surface area contributed by atoms with Crippen molar-refractivity contribution in [2.24, 2.45) is 11.3 Å². The summed E-state index contributed by atoms with van der Waals surface area (Å²) in [4.78, 5) is 23.0. The van der Waals surface area contributed by atoms with Gasteiger partial charge in [0.05, 0.1) is 0 Å². The summed E-state index contributed by atoms with van der Waals surface area (Å²) in [6.45, 7) is 4.74. The van der Waals surface area contributed by atoms with Gasteiger partial charge in [0.1, 0.15) is 12.2 Å². The normalized spacial score (nSPS) is 28.9. The highest BCUT2D eigenvalue weighted by Gasteiger charge is 2.68. The average molecular weight is 579 g/mol. The molecule has 0 saturated heterocycles. The molecule has 0 aromatic rings. The Morgan fingerprint density at radius 2 is 1.60 bits per heavy atom. The molecule has 0 aromatic heterocycles. The van der Waals surface area contributed by atoms with E-state index in [0.717, 1.165) is 36.5 Å². The second-order valence-electron chi connectivity index (χ2n) is 11.2. The fourth-order valence-electron chi connectivity index (χ4n) is 6.27. The first-order chi connectivity index (χ1) is 18.5. The lowest BCUT2D eigenvalue weighted by Crippen LogP contribution is -2.55. The molecule has 1 N–H and O–H groups in total. The molecule has 0 spiro atoms. The van der Waals surface area contributed by atoms with Crippen LogP contribution < -0.4 is 0 Å². The standard InChI is InChI=1S/C29H36F6O5/c1-18(36)39-23-15-20(16-24(17-23)40-19(2)37)9-10-21-7-6-13-26(3)22(11-12-25(21)26)8-4-5-14-27(38,28(30,31)32)29(33,34)35/h5,9-11,14,23-25,38H,4,6-8,12-13,15-17H2,1-3H3/b14-5-,21-10+/t23-,24-,25?,26-/m1/s1. The fourth-order valence-corrected chi connectivity index (χ4v) is 6.27. The molecule has 3 aliphatic carbocycles. The van der Waals surface area contributed by atoms with Crippen LogP contribution in [0.25, 0.3) is 0 Å². The molecule has 2 saturated carbocycles. The van der Waals surface area contributed by atoms with E-state index in [0.29, 0.717) is 25.7 Å². The zero-order valence-corrected chi connectivity index (χ0v) is 22.8. The van der Waals surface area contributed by atoms with Crippen molar-refractivity contribution >= 4 is 11.9 Å². The Balaban J connectivity index is 1.71. The topological polar surface area (TPSA) is 72.8 Å². The SMILES string of the molecule is CC(=O)O[C@@H]1CC(=C/C=C2\CCC[C@]3(C)C(CC/C=C\C(O)(C(F)(F)F)C(F)(F)F)=CCC23)C[C@@H](OC(C)=O)C1. The van der Waals surface area contributed by atoms with Crippen molar-refractivity contribution in [3.05, 3.63) is 47.1 Å². The number of rotatable bonds is 7. The van der Waals surface area contributed by atoms with Gasteiger partial charge < -0.3 is 14.6 Å². The van der Waals surface area contributed by atoms with Crippen molar-refractivity contribution in [2.45, 2.75) is 109 Å². The number of hydrogen-bond donors (Lipinski definition) is 1. The minimum Gasteiger partial charge on any atom is -0.462 e. The molecular formula is C29H36F6O5. The maximum atomic E-state index is 12.9. The first-order valence-electron chi connectivity index (χ1n) is 13.4. The van der Waals surface area contributed by atoms with Gasteiger partial charge in [-0.1, -0.05) is 47.9 Å². The molecule has 0 amide bonds. The zero-order valence-electron chi connectivity index (χ0n) is 22.8. The third-order valence-electron chi connectivity index (χ3n) is 8.22. The summed E-state index contributed by atoms with van der Waals surface area (Å²) < 4.78 is 88.3. The van der Waals surface area contributed by atoms with Crippen molar-refractivity contribution < 1.29 is 50.5 Å². The van der Waals surface area contributed by atoms with Gasteiger partial charge in [0, 0.05) is 33.1 Å². The van der Waals surface area contributed by atoms with Crippen LogP contribution in [-0.4, -0.2) is 47.2 Å². The number of fused-ring (bicyclic) bond motifs is 1. The van der Waals surface area contributed by atoms with Crippen molar-refractivity contribution in [2.75, 3.05) is 0 Å². The van der Waals surface area contributed by atoms with Crippen LogP contribution in [0, 0.1) is 11.3 Å². The fraction of sp³-hybridized carbons (Fsp3) is 0.655. The third-order valence-corrected chi connectivity index (χ3v) is 8.22. The number of halogens is 6. The highest BCUT2D eigenvalue weighted by Crippen LogP contribution is 2.56. The minimum absolute atomic E-state index is 0.0687. The number of hydrogen-bond acceptors (Lipinski definition) is 5. The lowest BCUT2D eigenvalue weighted by atomic mass is 9.63. The smallest absolute Gasteiger partial charge is 0.429 e. The van der Waals surface area contributed by atoms with Crippen LogP contribution in [0.15, 0.2) is 47.1 Å². The van der Waals surface area contributed by atoms with Crippen LogP contribution in [-0.2, 0) is 19.1 Å². The molecule has 11 heteroatoms. The molecule has 0 bridgehead atoms. The summed E-state index contributed by atoms with van der Waals surface area (Å²) in [6.07, 6.45) is -0.904. The van der Waals surface area contributed by atoms with Gasteiger partial charge in [0.25, 0.3) is 5.60 Å². The lowest BCUT2D eigenvalue weighted by Gasteiger charge is -2.41. The van der Waals surface area contributed by atoms with E-state index in [1.54, 1.807) is 0 Å². The Labute approximate surface area is 230 Å². The largest absolute Gasteiger partial charge is 0.462 e. The van der Waals surface area contributed by atoms with Gasteiger partial charge in [-0.05, 0) is 55.9 Å². The van der Waals surface area contributed by atoms with E-state index in [4.69, 9.17) is 9.47 Å². The van der Waals surface area contributed by atoms with Gasteiger partial charge in [0.15, 0.2) is 0 Å². The van der Waals surface area contributed by atoms with Crippen LogP contribution in [0.1, 0.15) is 78.6 Å². The molecule has 0 aromatic carbocycles. The molecule has 2 fully saturated rings. The molecule has 0 aliphatic heterocycles. The van der Waals surface area contributed by atoms with E-state index in [9.17, 15) is 41.0 Å². The summed E-state index contributed by atoms with van der Waals surface area (Å²) in [5.41, 5.74) is -1.97. The Bertz CT molecular complexity index is 1040. The summed E-state index contributed by atoms with van der Waals surface area (Å²) in [5, 5.41) is 9.32. The van der Waals surface area contributed by atoms with E-state index < -0.39 is 42.1 Å². The maximum absolute atomic E-state index is 12.9. The van der Waals surface area contributed by atoms with Crippen molar-refractivity contribution in [3.8, 4) is 0 Å². The first-order valence-corrected chi connectivity index (χ1v) is 13.4. The molecule has 40 heavy (non-hydrogen) atoms. The lowest BCUT2D eigenvalue weighted by molar-refractivity contribution is -0.347. The van der Waals surface area contributed by atoms with E-state index in [2.05, 4.69) is 13.0 Å². The molecule has 4 atom stereocenters. The summed E-state index contributed by atoms with van der Waals surface area (Å²) in [5.74, 6) is -0.665. The Morgan fingerprint density at radius 3 is 2.12 bits per heavy atom. The molecule has 5 nitrogen and oxygen atoms in total. The van der Waals surface area contributed by atoms with Gasteiger partial charge in [-0.3, -0.25) is 9.59 Å². The van der Waals surface area contributed by atoms with Crippen LogP contribution in [0.4, 0.5) is 26.3 Å². The maximum Gasteiger partial charge on any atom is 0.429 e. The molecular weight excluding hydrogens is 542 g/mol. The number of esters is 2. The number of aliphatic hydroxyl groups is 1. The van der Waals surface area contributed by atoms with Crippen LogP contribution in [0.5, 0.6) is 0 Å². The second kappa shape index (κ2) is 12.1. The number of carbonyl (C=O) groups is 2. The van der Waals surface area contributed by atoms with Gasteiger partial charge in [-0.15, -0.1) is 0 Å². The minimum atomic E-state index is -5.88. The van der Waals surface area contributed by atoms with E-state index in [1.165, 1.54) is 19.4 Å². The zero-order chi connectivity index (χ0) is 29.9. The van der Waals surface area contributed by atoms with E-state index >= 15 is 0 Å². The van der Waals surface area contributed by atoms with Crippen LogP contribution in [0.3, 0.4) is 0 Å². The predicted molar refractivity (Wildman–Crippen MR) is 135 cm³/mol. The highest BCUT2D eigenvalue weighted by atomic mass is 19.4. The Morgan fingerprint density at radius 1 is 1.02 bits per heavy atom. The Kier molecular flexibility index (Phi) is 9.69. The Hall–Kier alpha value is -2.56. The number of ether oxygens (including phenoxy) is 2. The van der Waals surface area contributed by atoms with Crippen LogP contribution >= 0.6 is 0 Å². The molecule has 3 rings (SSSR count). The van der Waals surface area contributed by atoms with Gasteiger partial charge in [-0.25, -0.2) is 0 Å². The number of allylic oxidation sites excluding steroid dienone is 6. The highest BCUT2D eigenvalue weighted by molar-refractivity contribution is 5.67. The number of alkyl halides is 6. The molecule has 0 heterocycles. The summed E-state index contributed by atoms with van der Waals surface area (Å²) in [6, 6.07) is 0.